The molecule has 6 heteroatoms. The lowest BCUT2D eigenvalue weighted by molar-refractivity contribution is -0.160. The van der Waals surface area contributed by atoms with Gasteiger partial charge in [0.1, 0.15) is 12.2 Å². The maximum absolute atomic E-state index is 12.0. The van der Waals surface area contributed by atoms with E-state index in [4.69, 9.17) is 9.47 Å². The Bertz CT molecular complexity index is 493. The summed E-state index contributed by atoms with van der Waals surface area (Å²) in [6.07, 6.45) is -1.89. The van der Waals surface area contributed by atoms with Crippen LogP contribution in [0.3, 0.4) is 0 Å². The van der Waals surface area contributed by atoms with Crippen molar-refractivity contribution in [1.29, 1.82) is 0 Å². The van der Waals surface area contributed by atoms with Crippen molar-refractivity contribution in [1.82, 2.24) is 5.32 Å². The van der Waals surface area contributed by atoms with Gasteiger partial charge in [-0.05, 0) is 33.3 Å². The molecule has 1 amide bonds. The molecule has 0 spiro atoms. The molecule has 22 heavy (non-hydrogen) atoms. The molecule has 0 saturated heterocycles. The number of carbonyl (C=O) groups is 2. The highest BCUT2D eigenvalue weighted by Crippen LogP contribution is 2.10. The number of ether oxygens (including phenoxy) is 2. The molecule has 1 aromatic carbocycles. The second kappa shape index (κ2) is 7.79. The predicted molar refractivity (Wildman–Crippen MR) is 81.1 cm³/mol. The van der Waals surface area contributed by atoms with Crippen LogP contribution in [-0.2, 0) is 20.9 Å². The van der Waals surface area contributed by atoms with E-state index in [9.17, 15) is 14.7 Å². The molecule has 1 rings (SSSR count). The van der Waals surface area contributed by atoms with Crippen molar-refractivity contribution in [2.75, 3.05) is 0 Å². The first kappa shape index (κ1) is 18.0. The lowest BCUT2D eigenvalue weighted by Gasteiger charge is -2.25. The van der Waals surface area contributed by atoms with E-state index < -0.39 is 29.8 Å². The number of alkyl carbamates (subject to hydrolysis) is 1. The molecule has 0 aliphatic rings. The molecule has 0 radical (unpaired) electrons. The van der Waals surface area contributed by atoms with Crippen LogP contribution in [-0.4, -0.2) is 34.9 Å². The van der Waals surface area contributed by atoms with Crippen molar-refractivity contribution in [3.63, 3.8) is 0 Å². The molecule has 0 aromatic heterocycles. The summed E-state index contributed by atoms with van der Waals surface area (Å²) in [6, 6.07) is 7.96. The van der Waals surface area contributed by atoms with Gasteiger partial charge in [-0.1, -0.05) is 30.3 Å². The second-order valence-corrected chi connectivity index (χ2v) is 5.96. The summed E-state index contributed by atoms with van der Waals surface area (Å²) >= 11 is 0. The van der Waals surface area contributed by atoms with E-state index in [0.717, 1.165) is 5.56 Å². The van der Waals surface area contributed by atoms with Crippen molar-refractivity contribution >= 4 is 12.1 Å². The maximum atomic E-state index is 12.0. The fourth-order valence-corrected chi connectivity index (χ4v) is 1.63. The monoisotopic (exact) mass is 309 g/mol. The van der Waals surface area contributed by atoms with Gasteiger partial charge >= 0.3 is 12.1 Å². The number of aliphatic hydroxyl groups is 1. The zero-order chi connectivity index (χ0) is 16.8. The average Bonchev–Trinajstić information content (AvgIpc) is 2.41. The number of aliphatic hydroxyl groups excluding tert-OH is 1. The van der Waals surface area contributed by atoms with Crippen LogP contribution in [0.4, 0.5) is 4.79 Å². The van der Waals surface area contributed by atoms with Crippen molar-refractivity contribution < 1.29 is 24.2 Å². The summed E-state index contributed by atoms with van der Waals surface area (Å²) in [6.45, 7) is 6.59. The van der Waals surface area contributed by atoms with Gasteiger partial charge in [0.15, 0.2) is 6.04 Å². The van der Waals surface area contributed by atoms with E-state index in [1.807, 2.05) is 30.3 Å². The molecule has 0 saturated carbocycles. The van der Waals surface area contributed by atoms with Gasteiger partial charge in [0.05, 0.1) is 6.10 Å². The molecular formula is C16H23NO5. The first-order chi connectivity index (χ1) is 10.2. The third-order valence-electron chi connectivity index (χ3n) is 2.63. The highest BCUT2D eigenvalue weighted by Gasteiger charge is 2.30. The zero-order valence-electron chi connectivity index (χ0n) is 13.3. The highest BCUT2D eigenvalue weighted by atomic mass is 16.6. The number of hydrogen-bond acceptors (Lipinski definition) is 5. The van der Waals surface area contributed by atoms with E-state index in [1.54, 1.807) is 20.8 Å². The van der Waals surface area contributed by atoms with E-state index in [-0.39, 0.29) is 6.61 Å². The lowest BCUT2D eigenvalue weighted by Crippen LogP contribution is -2.50. The third kappa shape index (κ3) is 6.58. The minimum absolute atomic E-state index is 0.0769. The molecule has 1 aromatic rings. The lowest BCUT2D eigenvalue weighted by atomic mass is 10.1. The number of amides is 1. The van der Waals surface area contributed by atoms with Crippen molar-refractivity contribution in [3.05, 3.63) is 35.9 Å². The Balaban J connectivity index is 2.55. The molecule has 6 nitrogen and oxygen atoms in total. The van der Waals surface area contributed by atoms with Crippen LogP contribution in [0, 0.1) is 0 Å². The Morgan fingerprint density at radius 3 is 2.32 bits per heavy atom. The minimum atomic E-state index is -1.18. The Morgan fingerprint density at radius 2 is 1.82 bits per heavy atom. The Kier molecular flexibility index (Phi) is 6.37. The molecule has 122 valence electrons. The van der Waals surface area contributed by atoms with Crippen LogP contribution in [0.5, 0.6) is 0 Å². The van der Waals surface area contributed by atoms with Gasteiger partial charge in [0.25, 0.3) is 0 Å². The Labute approximate surface area is 130 Å². The predicted octanol–water partition coefficient (Wildman–Crippen LogP) is 2.00. The Hall–Kier alpha value is -2.08. The molecule has 0 bridgehead atoms. The number of benzene rings is 1. The van der Waals surface area contributed by atoms with Gasteiger partial charge in [-0.2, -0.15) is 0 Å². The summed E-state index contributed by atoms with van der Waals surface area (Å²) in [5.74, 6) is -0.709. The summed E-state index contributed by atoms with van der Waals surface area (Å²) in [5, 5.41) is 12.0. The topological polar surface area (TPSA) is 84.9 Å². The first-order valence-corrected chi connectivity index (χ1v) is 7.07. The quantitative estimate of drug-likeness (QED) is 0.813. The minimum Gasteiger partial charge on any atom is -0.458 e. The van der Waals surface area contributed by atoms with Crippen molar-refractivity contribution in [2.24, 2.45) is 0 Å². The number of nitrogens with one attached hydrogen (secondary N) is 1. The molecule has 0 aliphatic carbocycles. The summed E-state index contributed by atoms with van der Waals surface area (Å²) in [5.41, 5.74) is 0.114. The standard InChI is InChI=1S/C16H23NO5/c1-11(18)13(14(19)22-16(2,3)4)17-15(20)21-10-12-8-6-5-7-9-12/h5-9,11,13,18H,10H2,1-4H3,(H,17,20). The number of rotatable bonds is 5. The van der Waals surface area contributed by atoms with Crippen LogP contribution in [0.15, 0.2) is 30.3 Å². The molecule has 0 heterocycles. The average molecular weight is 309 g/mol. The fraction of sp³-hybridized carbons (Fsp3) is 0.500. The van der Waals surface area contributed by atoms with Crippen molar-refractivity contribution in [3.8, 4) is 0 Å². The molecule has 0 aliphatic heterocycles. The largest absolute Gasteiger partial charge is 0.458 e. The summed E-state index contributed by atoms with van der Waals surface area (Å²) in [4.78, 5) is 23.7. The zero-order valence-corrected chi connectivity index (χ0v) is 13.3. The van der Waals surface area contributed by atoms with Gasteiger partial charge in [0, 0.05) is 0 Å². The van der Waals surface area contributed by atoms with E-state index in [0.29, 0.717) is 0 Å². The van der Waals surface area contributed by atoms with E-state index >= 15 is 0 Å². The third-order valence-corrected chi connectivity index (χ3v) is 2.63. The maximum Gasteiger partial charge on any atom is 0.408 e. The van der Waals surface area contributed by atoms with Crippen LogP contribution in [0.25, 0.3) is 0 Å². The van der Waals surface area contributed by atoms with Crippen LogP contribution in [0.1, 0.15) is 33.3 Å². The summed E-state index contributed by atoms with van der Waals surface area (Å²) < 4.78 is 10.2. The molecule has 2 atom stereocenters. The van der Waals surface area contributed by atoms with Gasteiger partial charge in [0.2, 0.25) is 0 Å². The van der Waals surface area contributed by atoms with Crippen LogP contribution >= 0.6 is 0 Å². The smallest absolute Gasteiger partial charge is 0.408 e. The van der Waals surface area contributed by atoms with Gasteiger partial charge in [-0.3, -0.25) is 0 Å². The van der Waals surface area contributed by atoms with Gasteiger partial charge in [-0.25, -0.2) is 9.59 Å². The number of carbonyl (C=O) groups excluding carboxylic acids is 2. The van der Waals surface area contributed by atoms with E-state index in [1.165, 1.54) is 6.92 Å². The SMILES string of the molecule is CC(O)C(NC(=O)OCc1ccccc1)C(=O)OC(C)(C)C. The van der Waals surface area contributed by atoms with Gasteiger partial charge < -0.3 is 19.9 Å². The highest BCUT2D eigenvalue weighted by molar-refractivity contribution is 5.82. The first-order valence-electron chi connectivity index (χ1n) is 7.07. The molecule has 0 fully saturated rings. The van der Waals surface area contributed by atoms with Crippen LogP contribution < -0.4 is 5.32 Å². The Morgan fingerprint density at radius 1 is 1.23 bits per heavy atom. The van der Waals surface area contributed by atoms with Crippen molar-refractivity contribution in [2.45, 2.75) is 52.0 Å². The normalized spacial score (nSPS) is 13.9. The summed E-state index contributed by atoms with van der Waals surface area (Å²) in [7, 11) is 0. The van der Waals surface area contributed by atoms with Crippen LogP contribution in [0.2, 0.25) is 0 Å². The van der Waals surface area contributed by atoms with E-state index in [2.05, 4.69) is 5.32 Å². The second-order valence-electron chi connectivity index (χ2n) is 5.96. The fourth-order valence-electron chi connectivity index (χ4n) is 1.63. The number of hydrogen-bond donors (Lipinski definition) is 2. The van der Waals surface area contributed by atoms with Gasteiger partial charge in [-0.15, -0.1) is 0 Å². The molecule has 2 unspecified atom stereocenters. The molecule has 2 N–H and O–H groups in total. The molecular weight excluding hydrogens is 286 g/mol. The number of esters is 1.